The molecular formula is C12H24. The molecule has 2 unspecified atom stereocenters. The van der Waals surface area contributed by atoms with Gasteiger partial charge in [-0.2, -0.15) is 0 Å². The van der Waals surface area contributed by atoms with Crippen LogP contribution in [0.5, 0.6) is 0 Å². The van der Waals surface area contributed by atoms with Crippen molar-refractivity contribution < 1.29 is 0 Å². The van der Waals surface area contributed by atoms with Crippen molar-refractivity contribution in [1.82, 2.24) is 0 Å². The van der Waals surface area contributed by atoms with Gasteiger partial charge in [0.1, 0.15) is 0 Å². The van der Waals surface area contributed by atoms with Gasteiger partial charge in [-0.1, -0.05) is 34.1 Å². The van der Waals surface area contributed by atoms with E-state index in [1.165, 1.54) is 32.1 Å². The topological polar surface area (TPSA) is 0 Å². The lowest BCUT2D eigenvalue weighted by Crippen LogP contribution is -2.13. The Hall–Kier alpha value is 0. The molecule has 0 aromatic heterocycles. The standard InChI is InChI=1S/C12H24/c1-5-12(4)8-6-10(2)11(3)7-9-12/h10-11H,5-9H2,1-4H3. The summed E-state index contributed by atoms with van der Waals surface area (Å²) < 4.78 is 0. The molecule has 0 radical (unpaired) electrons. The summed E-state index contributed by atoms with van der Waals surface area (Å²) in [5.41, 5.74) is 0.666. The van der Waals surface area contributed by atoms with Crippen molar-refractivity contribution in [2.45, 2.75) is 59.8 Å². The zero-order valence-electron chi connectivity index (χ0n) is 9.19. The van der Waals surface area contributed by atoms with Crippen molar-refractivity contribution in [2.75, 3.05) is 0 Å². The lowest BCUT2D eigenvalue weighted by molar-refractivity contribution is 0.262. The van der Waals surface area contributed by atoms with Crippen LogP contribution < -0.4 is 0 Å². The van der Waals surface area contributed by atoms with E-state index in [9.17, 15) is 0 Å². The minimum atomic E-state index is 0.666. The Morgan fingerprint density at radius 1 is 1.08 bits per heavy atom. The van der Waals surface area contributed by atoms with E-state index in [0.717, 1.165) is 11.8 Å². The molecule has 0 aromatic carbocycles. The summed E-state index contributed by atoms with van der Waals surface area (Å²) in [6.07, 6.45) is 7.17. The van der Waals surface area contributed by atoms with Crippen LogP contribution in [-0.4, -0.2) is 0 Å². The molecule has 1 aliphatic rings. The van der Waals surface area contributed by atoms with Crippen molar-refractivity contribution in [3.63, 3.8) is 0 Å². The smallest absolute Gasteiger partial charge is 0.0328 e. The Bertz CT molecular complexity index is 125. The van der Waals surface area contributed by atoms with Gasteiger partial charge in [0.05, 0.1) is 0 Å². The van der Waals surface area contributed by atoms with E-state index in [4.69, 9.17) is 0 Å². The minimum Gasteiger partial charge on any atom is -0.0649 e. The normalized spacial score (nSPS) is 44.0. The van der Waals surface area contributed by atoms with E-state index in [1.807, 2.05) is 0 Å². The third kappa shape index (κ3) is 2.24. The van der Waals surface area contributed by atoms with Gasteiger partial charge in [-0.25, -0.2) is 0 Å². The summed E-state index contributed by atoms with van der Waals surface area (Å²) in [5.74, 6) is 1.91. The maximum Gasteiger partial charge on any atom is -0.0328 e. The van der Waals surface area contributed by atoms with E-state index in [1.54, 1.807) is 0 Å². The molecule has 0 aromatic rings. The van der Waals surface area contributed by atoms with Crippen LogP contribution in [0.25, 0.3) is 0 Å². The molecular weight excluding hydrogens is 144 g/mol. The Morgan fingerprint density at radius 2 is 1.50 bits per heavy atom. The van der Waals surface area contributed by atoms with Crippen LogP contribution >= 0.6 is 0 Å². The van der Waals surface area contributed by atoms with Gasteiger partial charge in [0, 0.05) is 0 Å². The second kappa shape index (κ2) is 3.81. The predicted octanol–water partition coefficient (Wildman–Crippen LogP) is 4.25. The summed E-state index contributed by atoms with van der Waals surface area (Å²) in [6, 6.07) is 0. The van der Waals surface area contributed by atoms with Crippen molar-refractivity contribution in [2.24, 2.45) is 17.3 Å². The fourth-order valence-electron chi connectivity index (χ4n) is 2.20. The molecule has 12 heavy (non-hydrogen) atoms. The third-order valence-corrected chi connectivity index (χ3v) is 4.23. The van der Waals surface area contributed by atoms with Gasteiger partial charge < -0.3 is 0 Å². The highest BCUT2D eigenvalue weighted by atomic mass is 14.3. The molecule has 72 valence electrons. The fourth-order valence-corrected chi connectivity index (χ4v) is 2.20. The summed E-state index contributed by atoms with van der Waals surface area (Å²) in [6.45, 7) is 9.66. The molecule has 0 aliphatic heterocycles. The molecule has 1 aliphatic carbocycles. The Kier molecular flexibility index (Phi) is 3.20. The van der Waals surface area contributed by atoms with Crippen LogP contribution in [0.2, 0.25) is 0 Å². The maximum absolute atomic E-state index is 2.47. The van der Waals surface area contributed by atoms with Gasteiger partial charge in [-0.3, -0.25) is 0 Å². The predicted molar refractivity (Wildman–Crippen MR) is 55.2 cm³/mol. The lowest BCUT2D eigenvalue weighted by Gasteiger charge is -2.26. The van der Waals surface area contributed by atoms with Crippen molar-refractivity contribution in [3.05, 3.63) is 0 Å². The second-order valence-electron chi connectivity index (χ2n) is 5.20. The van der Waals surface area contributed by atoms with E-state index in [0.29, 0.717) is 5.41 Å². The molecule has 2 atom stereocenters. The number of rotatable bonds is 1. The molecule has 1 saturated carbocycles. The monoisotopic (exact) mass is 168 g/mol. The SMILES string of the molecule is CCC1(C)CCC(C)C(C)CC1. The second-order valence-corrected chi connectivity index (χ2v) is 5.20. The van der Waals surface area contributed by atoms with Crippen molar-refractivity contribution in [3.8, 4) is 0 Å². The third-order valence-electron chi connectivity index (χ3n) is 4.23. The minimum absolute atomic E-state index is 0.666. The first-order valence-electron chi connectivity index (χ1n) is 5.57. The largest absolute Gasteiger partial charge is 0.0649 e. The van der Waals surface area contributed by atoms with Crippen LogP contribution in [-0.2, 0) is 0 Å². The van der Waals surface area contributed by atoms with Crippen molar-refractivity contribution >= 4 is 0 Å². The molecule has 0 heteroatoms. The fraction of sp³-hybridized carbons (Fsp3) is 1.00. The Balaban J connectivity index is 2.54. The Morgan fingerprint density at radius 3 is 1.83 bits per heavy atom. The van der Waals surface area contributed by atoms with Crippen LogP contribution in [0.1, 0.15) is 59.8 Å². The number of hydrogen-bond acceptors (Lipinski definition) is 0. The first-order valence-corrected chi connectivity index (χ1v) is 5.57. The van der Waals surface area contributed by atoms with Gasteiger partial charge >= 0.3 is 0 Å². The molecule has 0 saturated heterocycles. The van der Waals surface area contributed by atoms with Gasteiger partial charge in [0.25, 0.3) is 0 Å². The van der Waals surface area contributed by atoms with Crippen LogP contribution in [0.15, 0.2) is 0 Å². The van der Waals surface area contributed by atoms with Gasteiger partial charge in [0.15, 0.2) is 0 Å². The molecule has 0 N–H and O–H groups in total. The van der Waals surface area contributed by atoms with E-state index < -0.39 is 0 Å². The average Bonchev–Trinajstić information content (AvgIpc) is 2.20. The lowest BCUT2D eigenvalue weighted by atomic mass is 9.80. The molecule has 1 fully saturated rings. The first kappa shape index (κ1) is 10.1. The molecule has 0 nitrogen and oxygen atoms in total. The molecule has 0 spiro atoms. The van der Waals surface area contributed by atoms with Crippen molar-refractivity contribution in [1.29, 1.82) is 0 Å². The Labute approximate surface area is 77.7 Å². The summed E-state index contributed by atoms with van der Waals surface area (Å²) in [4.78, 5) is 0. The average molecular weight is 168 g/mol. The maximum atomic E-state index is 2.47. The molecule has 0 heterocycles. The zero-order chi connectivity index (χ0) is 9.19. The quantitative estimate of drug-likeness (QED) is 0.513. The molecule has 1 rings (SSSR count). The van der Waals surface area contributed by atoms with Gasteiger partial charge in [0.2, 0.25) is 0 Å². The summed E-state index contributed by atoms with van der Waals surface area (Å²) >= 11 is 0. The highest BCUT2D eigenvalue weighted by molar-refractivity contribution is 4.80. The molecule has 0 amide bonds. The highest BCUT2D eigenvalue weighted by Crippen LogP contribution is 2.41. The van der Waals surface area contributed by atoms with Crippen LogP contribution in [0, 0.1) is 17.3 Å². The molecule has 0 bridgehead atoms. The van der Waals surface area contributed by atoms with Gasteiger partial charge in [-0.15, -0.1) is 0 Å². The van der Waals surface area contributed by atoms with Gasteiger partial charge in [-0.05, 0) is 42.9 Å². The van der Waals surface area contributed by atoms with E-state index >= 15 is 0 Å². The van der Waals surface area contributed by atoms with Crippen LogP contribution in [0.4, 0.5) is 0 Å². The summed E-state index contributed by atoms with van der Waals surface area (Å²) in [7, 11) is 0. The van der Waals surface area contributed by atoms with E-state index in [2.05, 4.69) is 27.7 Å². The van der Waals surface area contributed by atoms with E-state index in [-0.39, 0.29) is 0 Å². The number of hydrogen-bond donors (Lipinski definition) is 0. The summed E-state index contributed by atoms with van der Waals surface area (Å²) in [5, 5.41) is 0. The first-order chi connectivity index (χ1) is 5.57. The zero-order valence-corrected chi connectivity index (χ0v) is 9.19. The highest BCUT2D eigenvalue weighted by Gasteiger charge is 2.28. The van der Waals surface area contributed by atoms with Crippen LogP contribution in [0.3, 0.4) is 0 Å².